The highest BCUT2D eigenvalue weighted by Crippen LogP contribution is 2.28. The summed E-state index contributed by atoms with van der Waals surface area (Å²) < 4.78 is 50.2. The predicted molar refractivity (Wildman–Crippen MR) is 85.0 cm³/mol. The minimum atomic E-state index is -3.73. The van der Waals surface area contributed by atoms with E-state index >= 15 is 0 Å². The first-order chi connectivity index (χ1) is 10.3. The molecule has 1 aliphatic rings. The monoisotopic (exact) mass is 357 g/mol. The second kappa shape index (κ2) is 5.26. The molecule has 2 aromatic rings. The van der Waals surface area contributed by atoms with Crippen LogP contribution in [0.15, 0.2) is 47.4 Å². The summed E-state index contributed by atoms with van der Waals surface area (Å²) in [6.45, 7) is 0. The third-order valence-electron chi connectivity index (χ3n) is 3.33. The summed E-state index contributed by atoms with van der Waals surface area (Å²) in [5, 5.41) is 0.446. The first kappa shape index (κ1) is 15.3. The van der Waals surface area contributed by atoms with Gasteiger partial charge in [0.25, 0.3) is 10.0 Å². The summed E-state index contributed by atoms with van der Waals surface area (Å²) in [6.07, 6.45) is 0. The molecule has 0 atom stereocenters. The Morgan fingerprint density at radius 1 is 0.955 bits per heavy atom. The Balaban J connectivity index is 1.89. The quantitative estimate of drug-likeness (QED) is 0.915. The number of benzene rings is 2. The minimum Gasteiger partial charge on any atom is -0.280 e. The van der Waals surface area contributed by atoms with E-state index < -0.39 is 19.9 Å². The van der Waals surface area contributed by atoms with E-state index in [1.165, 1.54) is 24.3 Å². The Morgan fingerprint density at radius 2 is 1.59 bits per heavy atom. The first-order valence-electron chi connectivity index (χ1n) is 6.36. The summed E-state index contributed by atoms with van der Waals surface area (Å²) in [6, 6.07) is 10.6. The van der Waals surface area contributed by atoms with Gasteiger partial charge in [-0.1, -0.05) is 17.7 Å². The lowest BCUT2D eigenvalue weighted by molar-refractivity contribution is 0.597. The standard InChI is InChI=1S/C14H12ClNO4S2/c15-12-2-5-14(6-3-12)22(19,20)16-13-4-1-10-8-21(17,18)9-11(10)7-13/h1-7,16H,8-9H2. The summed E-state index contributed by atoms with van der Waals surface area (Å²) in [7, 11) is -6.85. The maximum absolute atomic E-state index is 12.3. The van der Waals surface area contributed by atoms with Crippen LogP contribution >= 0.6 is 11.6 Å². The number of fused-ring (bicyclic) bond motifs is 1. The van der Waals surface area contributed by atoms with E-state index in [1.807, 2.05) is 0 Å². The van der Waals surface area contributed by atoms with Crippen molar-refractivity contribution in [1.29, 1.82) is 0 Å². The Hall–Kier alpha value is -1.57. The van der Waals surface area contributed by atoms with E-state index in [2.05, 4.69) is 4.72 Å². The van der Waals surface area contributed by atoms with Gasteiger partial charge in [0.15, 0.2) is 9.84 Å². The van der Waals surface area contributed by atoms with Gasteiger partial charge in [-0.2, -0.15) is 0 Å². The van der Waals surface area contributed by atoms with Crippen LogP contribution in [0.1, 0.15) is 11.1 Å². The molecule has 3 rings (SSSR count). The normalized spacial score (nSPS) is 16.2. The van der Waals surface area contributed by atoms with Crippen LogP contribution in [0.5, 0.6) is 0 Å². The lowest BCUT2D eigenvalue weighted by atomic mass is 10.1. The highest BCUT2D eigenvalue weighted by molar-refractivity contribution is 7.92. The van der Waals surface area contributed by atoms with E-state index in [4.69, 9.17) is 11.6 Å². The fourth-order valence-electron chi connectivity index (χ4n) is 2.32. The van der Waals surface area contributed by atoms with Gasteiger partial charge in [0, 0.05) is 10.7 Å². The third kappa shape index (κ3) is 3.11. The van der Waals surface area contributed by atoms with Gasteiger partial charge in [-0.05, 0) is 47.5 Å². The van der Waals surface area contributed by atoms with E-state index in [1.54, 1.807) is 18.2 Å². The number of hydrogen-bond acceptors (Lipinski definition) is 4. The lowest BCUT2D eigenvalue weighted by Gasteiger charge is -2.09. The summed E-state index contributed by atoms with van der Waals surface area (Å²) >= 11 is 5.74. The second-order valence-electron chi connectivity index (χ2n) is 5.08. The van der Waals surface area contributed by atoms with Gasteiger partial charge < -0.3 is 0 Å². The van der Waals surface area contributed by atoms with Gasteiger partial charge in [0.05, 0.1) is 16.4 Å². The van der Waals surface area contributed by atoms with Gasteiger partial charge in [-0.3, -0.25) is 4.72 Å². The first-order valence-corrected chi connectivity index (χ1v) is 10.0. The van der Waals surface area contributed by atoms with Crippen LogP contribution in [0.25, 0.3) is 0 Å². The largest absolute Gasteiger partial charge is 0.280 e. The number of halogens is 1. The number of hydrogen-bond donors (Lipinski definition) is 1. The Labute approximate surface area is 133 Å². The molecule has 1 aliphatic heterocycles. The summed E-state index contributed by atoms with van der Waals surface area (Å²) in [4.78, 5) is 0.0880. The molecular formula is C14H12ClNO4S2. The third-order valence-corrected chi connectivity index (χ3v) is 6.48. The van der Waals surface area contributed by atoms with Crippen molar-refractivity contribution in [3.63, 3.8) is 0 Å². The predicted octanol–water partition coefficient (Wildman–Crippen LogP) is 2.57. The molecule has 5 nitrogen and oxygen atoms in total. The molecule has 116 valence electrons. The molecule has 0 bridgehead atoms. The highest BCUT2D eigenvalue weighted by Gasteiger charge is 2.25. The molecular weight excluding hydrogens is 346 g/mol. The van der Waals surface area contributed by atoms with Crippen molar-refractivity contribution in [2.24, 2.45) is 0 Å². The van der Waals surface area contributed by atoms with Crippen LogP contribution in [-0.4, -0.2) is 16.8 Å². The van der Waals surface area contributed by atoms with Crippen molar-refractivity contribution in [2.45, 2.75) is 16.4 Å². The molecule has 0 fully saturated rings. The van der Waals surface area contributed by atoms with E-state index in [0.29, 0.717) is 16.3 Å². The number of anilines is 1. The van der Waals surface area contributed by atoms with Gasteiger partial charge in [0.1, 0.15) is 0 Å². The number of nitrogens with one attached hydrogen (secondary N) is 1. The Bertz CT molecular complexity index is 935. The fraction of sp³-hybridized carbons (Fsp3) is 0.143. The van der Waals surface area contributed by atoms with E-state index in [0.717, 1.165) is 5.56 Å². The molecule has 0 amide bonds. The van der Waals surface area contributed by atoms with Crippen LogP contribution in [-0.2, 0) is 31.4 Å². The fourth-order valence-corrected chi connectivity index (χ4v) is 5.09. The molecule has 0 aliphatic carbocycles. The summed E-state index contributed by atoms with van der Waals surface area (Å²) in [5.41, 5.74) is 1.69. The van der Waals surface area contributed by atoms with Gasteiger partial charge in [-0.15, -0.1) is 0 Å². The number of sulfonamides is 1. The smallest absolute Gasteiger partial charge is 0.261 e. The average molecular weight is 358 g/mol. The SMILES string of the molecule is O=S1(=O)Cc2ccc(NS(=O)(=O)c3ccc(Cl)cc3)cc2C1. The van der Waals surface area contributed by atoms with Crippen molar-refractivity contribution < 1.29 is 16.8 Å². The summed E-state index contributed by atoms with van der Waals surface area (Å²) in [5.74, 6) is -0.0502. The van der Waals surface area contributed by atoms with Crippen LogP contribution in [0.3, 0.4) is 0 Å². The van der Waals surface area contributed by atoms with Crippen LogP contribution in [0.2, 0.25) is 5.02 Å². The molecule has 0 unspecified atom stereocenters. The van der Waals surface area contributed by atoms with Crippen molar-refractivity contribution in [3.8, 4) is 0 Å². The zero-order valence-corrected chi connectivity index (χ0v) is 13.7. The van der Waals surface area contributed by atoms with Crippen LogP contribution in [0, 0.1) is 0 Å². The van der Waals surface area contributed by atoms with E-state index in [-0.39, 0.29) is 16.4 Å². The molecule has 0 spiro atoms. The topological polar surface area (TPSA) is 80.3 Å². The molecule has 0 saturated heterocycles. The molecule has 0 saturated carbocycles. The van der Waals surface area contributed by atoms with Crippen molar-refractivity contribution in [1.82, 2.24) is 0 Å². The molecule has 1 N–H and O–H groups in total. The van der Waals surface area contributed by atoms with Crippen LogP contribution in [0.4, 0.5) is 5.69 Å². The second-order valence-corrected chi connectivity index (χ2v) is 9.26. The molecule has 2 aromatic carbocycles. The average Bonchev–Trinajstić information content (AvgIpc) is 2.72. The van der Waals surface area contributed by atoms with Gasteiger partial charge in [-0.25, -0.2) is 16.8 Å². The Morgan fingerprint density at radius 3 is 2.27 bits per heavy atom. The molecule has 0 radical (unpaired) electrons. The van der Waals surface area contributed by atoms with Crippen molar-refractivity contribution in [3.05, 3.63) is 58.6 Å². The molecule has 0 aromatic heterocycles. The van der Waals surface area contributed by atoms with Gasteiger partial charge >= 0.3 is 0 Å². The maximum atomic E-state index is 12.3. The van der Waals surface area contributed by atoms with E-state index in [9.17, 15) is 16.8 Å². The molecule has 22 heavy (non-hydrogen) atoms. The highest BCUT2D eigenvalue weighted by atomic mass is 35.5. The number of sulfone groups is 1. The lowest BCUT2D eigenvalue weighted by Crippen LogP contribution is -2.13. The van der Waals surface area contributed by atoms with Crippen LogP contribution < -0.4 is 4.72 Å². The maximum Gasteiger partial charge on any atom is 0.261 e. The number of rotatable bonds is 3. The molecule has 1 heterocycles. The van der Waals surface area contributed by atoms with Crippen molar-refractivity contribution >= 4 is 37.1 Å². The molecule has 8 heteroatoms. The zero-order valence-electron chi connectivity index (χ0n) is 11.3. The minimum absolute atomic E-state index is 0.00650. The van der Waals surface area contributed by atoms with Gasteiger partial charge in [0.2, 0.25) is 0 Å². The zero-order chi connectivity index (χ0) is 16.0. The van der Waals surface area contributed by atoms with Crippen molar-refractivity contribution in [2.75, 3.05) is 4.72 Å². The Kier molecular flexibility index (Phi) is 3.66.